The SMILES string of the molecule is CC(C(=O)N1CCN(c2ccccc2F)CC1)N1C(=O)c2ccccc2C1=O. The highest BCUT2D eigenvalue weighted by atomic mass is 19.1. The van der Waals surface area contributed by atoms with E-state index in [1.54, 1.807) is 54.3 Å². The fourth-order valence-corrected chi connectivity index (χ4v) is 3.81. The minimum atomic E-state index is -0.882. The monoisotopic (exact) mass is 381 g/mol. The molecule has 7 heteroatoms. The second-order valence-electron chi connectivity index (χ2n) is 6.97. The van der Waals surface area contributed by atoms with E-state index in [1.165, 1.54) is 6.07 Å². The van der Waals surface area contributed by atoms with E-state index in [9.17, 15) is 18.8 Å². The summed E-state index contributed by atoms with van der Waals surface area (Å²) in [7, 11) is 0. The van der Waals surface area contributed by atoms with Gasteiger partial charge in [-0.05, 0) is 31.2 Å². The largest absolute Gasteiger partial charge is 0.366 e. The Balaban J connectivity index is 1.44. The van der Waals surface area contributed by atoms with Gasteiger partial charge in [0.15, 0.2) is 0 Å². The molecule has 2 aromatic rings. The molecule has 0 bridgehead atoms. The van der Waals surface area contributed by atoms with E-state index in [0.717, 1.165) is 4.90 Å². The van der Waals surface area contributed by atoms with Crippen LogP contribution in [0.2, 0.25) is 0 Å². The summed E-state index contributed by atoms with van der Waals surface area (Å²) >= 11 is 0. The van der Waals surface area contributed by atoms with Gasteiger partial charge in [0.2, 0.25) is 5.91 Å². The lowest BCUT2D eigenvalue weighted by Crippen LogP contribution is -2.55. The molecule has 2 heterocycles. The lowest BCUT2D eigenvalue weighted by Gasteiger charge is -2.38. The fourth-order valence-electron chi connectivity index (χ4n) is 3.81. The molecule has 1 unspecified atom stereocenters. The van der Waals surface area contributed by atoms with Crippen LogP contribution in [0.4, 0.5) is 10.1 Å². The molecule has 0 aliphatic carbocycles. The molecule has 2 aliphatic heterocycles. The summed E-state index contributed by atoms with van der Waals surface area (Å²) in [6.07, 6.45) is 0. The standard InChI is InChI=1S/C21H20FN3O3/c1-14(25-20(27)15-6-2-3-7-16(15)21(25)28)19(26)24-12-10-23(11-13-24)18-9-5-4-8-17(18)22/h2-9,14H,10-13H2,1H3. The van der Waals surface area contributed by atoms with Crippen LogP contribution in [-0.2, 0) is 4.79 Å². The van der Waals surface area contributed by atoms with Crippen molar-refractivity contribution >= 4 is 23.4 Å². The Hall–Kier alpha value is -3.22. The van der Waals surface area contributed by atoms with Gasteiger partial charge in [0.05, 0.1) is 16.8 Å². The van der Waals surface area contributed by atoms with E-state index < -0.39 is 17.9 Å². The van der Waals surface area contributed by atoms with Crippen LogP contribution < -0.4 is 4.90 Å². The van der Waals surface area contributed by atoms with E-state index in [1.807, 2.05) is 4.90 Å². The van der Waals surface area contributed by atoms with Crippen LogP contribution in [0.3, 0.4) is 0 Å². The first-order chi connectivity index (χ1) is 13.5. The molecule has 0 N–H and O–H groups in total. The Morgan fingerprint density at radius 1 is 0.893 bits per heavy atom. The maximum absolute atomic E-state index is 14.0. The van der Waals surface area contributed by atoms with Gasteiger partial charge in [-0.25, -0.2) is 4.39 Å². The first kappa shape index (κ1) is 18.2. The van der Waals surface area contributed by atoms with Crippen LogP contribution in [0.25, 0.3) is 0 Å². The number of piperazine rings is 1. The molecule has 4 rings (SSSR count). The van der Waals surface area contributed by atoms with Crippen LogP contribution in [0.15, 0.2) is 48.5 Å². The predicted molar refractivity (Wildman–Crippen MR) is 102 cm³/mol. The van der Waals surface area contributed by atoms with E-state index in [0.29, 0.717) is 43.0 Å². The first-order valence-electron chi connectivity index (χ1n) is 9.24. The molecule has 1 atom stereocenters. The molecule has 0 radical (unpaired) electrons. The molecule has 28 heavy (non-hydrogen) atoms. The molecule has 6 nitrogen and oxygen atoms in total. The summed E-state index contributed by atoms with van der Waals surface area (Å²) in [5.74, 6) is -1.44. The smallest absolute Gasteiger partial charge is 0.262 e. The van der Waals surface area contributed by atoms with Crippen LogP contribution in [0, 0.1) is 5.82 Å². The van der Waals surface area contributed by atoms with Gasteiger partial charge >= 0.3 is 0 Å². The minimum absolute atomic E-state index is 0.275. The number of hydrogen-bond acceptors (Lipinski definition) is 4. The summed E-state index contributed by atoms with van der Waals surface area (Å²) in [5.41, 5.74) is 1.18. The highest BCUT2D eigenvalue weighted by Crippen LogP contribution is 2.26. The maximum atomic E-state index is 14.0. The van der Waals surface area contributed by atoms with Crippen molar-refractivity contribution in [2.24, 2.45) is 0 Å². The molecule has 144 valence electrons. The van der Waals surface area contributed by atoms with Crippen LogP contribution in [-0.4, -0.2) is 59.7 Å². The van der Waals surface area contributed by atoms with Gasteiger partial charge in [-0.3, -0.25) is 19.3 Å². The Morgan fingerprint density at radius 3 is 2.00 bits per heavy atom. The van der Waals surface area contributed by atoms with Crippen molar-refractivity contribution in [1.82, 2.24) is 9.80 Å². The topological polar surface area (TPSA) is 60.9 Å². The third-order valence-corrected chi connectivity index (χ3v) is 5.35. The number of carbonyl (C=O) groups excluding carboxylic acids is 3. The zero-order valence-corrected chi connectivity index (χ0v) is 15.5. The van der Waals surface area contributed by atoms with Crippen LogP contribution in [0.5, 0.6) is 0 Å². The number of para-hydroxylation sites is 1. The normalized spacial score (nSPS) is 17.7. The number of amides is 3. The molecule has 0 spiro atoms. The molecule has 0 saturated carbocycles. The van der Waals surface area contributed by atoms with Crippen molar-refractivity contribution in [2.75, 3.05) is 31.1 Å². The lowest BCUT2D eigenvalue weighted by molar-refractivity contribution is -0.135. The number of hydrogen-bond donors (Lipinski definition) is 0. The Kier molecular flexibility index (Phi) is 4.58. The van der Waals surface area contributed by atoms with Gasteiger partial charge in [-0.2, -0.15) is 0 Å². The Morgan fingerprint density at radius 2 is 1.43 bits per heavy atom. The number of rotatable bonds is 3. The Bertz CT molecular complexity index is 918. The lowest BCUT2D eigenvalue weighted by atomic mass is 10.1. The number of imide groups is 1. The molecule has 1 fully saturated rings. The van der Waals surface area contributed by atoms with Crippen molar-refractivity contribution in [3.63, 3.8) is 0 Å². The zero-order chi connectivity index (χ0) is 19.8. The van der Waals surface area contributed by atoms with E-state index >= 15 is 0 Å². The quantitative estimate of drug-likeness (QED) is 0.765. The average Bonchev–Trinajstić information content (AvgIpc) is 2.98. The van der Waals surface area contributed by atoms with Gasteiger partial charge in [0.25, 0.3) is 11.8 Å². The average molecular weight is 381 g/mol. The zero-order valence-electron chi connectivity index (χ0n) is 15.5. The number of carbonyl (C=O) groups is 3. The number of fused-ring (bicyclic) bond motifs is 1. The molecule has 3 amide bonds. The van der Waals surface area contributed by atoms with E-state index in [2.05, 4.69) is 0 Å². The second-order valence-corrected chi connectivity index (χ2v) is 6.97. The van der Waals surface area contributed by atoms with Gasteiger partial charge in [0.1, 0.15) is 11.9 Å². The van der Waals surface area contributed by atoms with Crippen LogP contribution >= 0.6 is 0 Å². The Labute approximate surface area is 162 Å². The summed E-state index contributed by atoms with van der Waals surface area (Å²) < 4.78 is 14.0. The highest BCUT2D eigenvalue weighted by molar-refractivity contribution is 6.22. The minimum Gasteiger partial charge on any atom is -0.366 e. The van der Waals surface area contributed by atoms with Gasteiger partial charge < -0.3 is 9.80 Å². The molecule has 1 saturated heterocycles. The molecule has 0 aromatic heterocycles. The predicted octanol–water partition coefficient (Wildman–Crippen LogP) is 2.16. The molecular formula is C21H20FN3O3. The molecule has 2 aromatic carbocycles. The third-order valence-electron chi connectivity index (χ3n) is 5.35. The van der Waals surface area contributed by atoms with Crippen molar-refractivity contribution in [3.05, 3.63) is 65.5 Å². The van der Waals surface area contributed by atoms with Crippen molar-refractivity contribution in [3.8, 4) is 0 Å². The summed E-state index contributed by atoms with van der Waals surface area (Å²) in [6, 6.07) is 12.3. The third kappa shape index (κ3) is 2.93. The number of anilines is 1. The van der Waals surface area contributed by atoms with E-state index in [-0.39, 0.29) is 11.7 Å². The number of nitrogens with zero attached hydrogens (tertiary/aromatic N) is 3. The van der Waals surface area contributed by atoms with Crippen molar-refractivity contribution in [1.29, 1.82) is 0 Å². The summed E-state index contributed by atoms with van der Waals surface area (Å²) in [4.78, 5) is 42.7. The second kappa shape index (κ2) is 7.07. The van der Waals surface area contributed by atoms with Crippen molar-refractivity contribution in [2.45, 2.75) is 13.0 Å². The van der Waals surface area contributed by atoms with Gasteiger partial charge in [-0.15, -0.1) is 0 Å². The van der Waals surface area contributed by atoms with Crippen molar-refractivity contribution < 1.29 is 18.8 Å². The first-order valence-corrected chi connectivity index (χ1v) is 9.24. The van der Waals surface area contributed by atoms with Crippen LogP contribution in [0.1, 0.15) is 27.6 Å². The fraction of sp³-hybridized carbons (Fsp3) is 0.286. The molecular weight excluding hydrogens is 361 g/mol. The number of halogens is 1. The molecule has 2 aliphatic rings. The maximum Gasteiger partial charge on any atom is 0.262 e. The summed E-state index contributed by atoms with van der Waals surface area (Å²) in [6.45, 7) is 3.36. The number of benzene rings is 2. The highest BCUT2D eigenvalue weighted by Gasteiger charge is 2.42. The van der Waals surface area contributed by atoms with Gasteiger partial charge in [-0.1, -0.05) is 24.3 Å². The van der Waals surface area contributed by atoms with Gasteiger partial charge in [0, 0.05) is 26.2 Å². The summed E-state index contributed by atoms with van der Waals surface area (Å²) in [5, 5.41) is 0. The van der Waals surface area contributed by atoms with E-state index in [4.69, 9.17) is 0 Å².